The van der Waals surface area contributed by atoms with E-state index in [9.17, 15) is 0 Å². The second kappa shape index (κ2) is 19.7. The van der Waals surface area contributed by atoms with Crippen LogP contribution in [0.2, 0.25) is 0 Å². The molecule has 0 N–H and O–H groups in total. The molecule has 0 radical (unpaired) electrons. The molecule has 0 saturated carbocycles. The van der Waals surface area contributed by atoms with E-state index in [1.54, 1.807) is 0 Å². The molecule has 0 saturated heterocycles. The van der Waals surface area contributed by atoms with E-state index in [2.05, 4.69) is 96.8 Å². The Balaban J connectivity index is 1.68. The molecule has 1 aromatic heterocycles. The van der Waals surface area contributed by atoms with Crippen molar-refractivity contribution < 1.29 is 4.57 Å². The molecular weight excluding hydrogens is 484 g/mol. The van der Waals surface area contributed by atoms with Gasteiger partial charge in [-0.25, -0.2) is 9.13 Å². The highest BCUT2D eigenvalue weighted by molar-refractivity contribution is 5.21. The van der Waals surface area contributed by atoms with Gasteiger partial charge >= 0.3 is 0 Å². The molecule has 1 unspecified atom stereocenters. The van der Waals surface area contributed by atoms with Crippen LogP contribution in [-0.4, -0.2) is 4.57 Å². The van der Waals surface area contributed by atoms with Crippen LogP contribution >= 0.6 is 0 Å². The van der Waals surface area contributed by atoms with Crippen molar-refractivity contribution in [3.63, 3.8) is 0 Å². The van der Waals surface area contributed by atoms with Crippen molar-refractivity contribution in [3.8, 4) is 0 Å². The summed E-state index contributed by atoms with van der Waals surface area (Å²) in [5.41, 5.74) is 4.39. The number of aryl methyl sites for hydroxylation is 1. The zero-order valence-corrected chi connectivity index (χ0v) is 26.3. The van der Waals surface area contributed by atoms with Gasteiger partial charge in [-0.05, 0) is 42.7 Å². The molecule has 1 atom stereocenters. The number of unbranched alkanes of at least 4 members (excludes halogenated alkanes) is 13. The summed E-state index contributed by atoms with van der Waals surface area (Å²) in [6, 6.07) is 22.2. The predicted molar refractivity (Wildman–Crippen MR) is 173 cm³/mol. The number of hydrogen-bond donors (Lipinski definition) is 0. The number of hydrogen-bond acceptors (Lipinski definition) is 0. The lowest BCUT2D eigenvalue weighted by molar-refractivity contribution is -0.710. The van der Waals surface area contributed by atoms with Gasteiger partial charge in [0.2, 0.25) is 0 Å². The van der Waals surface area contributed by atoms with Gasteiger partial charge in [0.1, 0.15) is 11.9 Å². The lowest BCUT2D eigenvalue weighted by Gasteiger charge is -2.12. The molecule has 2 aromatic carbocycles. The third kappa shape index (κ3) is 11.6. The molecule has 2 heteroatoms. The molecule has 0 aliphatic rings. The SMILES string of the molecule is CCCCCCCCCCCCC[n+]1c(CC(C)c2ccccc2)cn(CCCCCC)c1Cc1ccccc1. The summed E-state index contributed by atoms with van der Waals surface area (Å²) in [5.74, 6) is 2.02. The average molecular weight is 544 g/mol. The third-order valence-electron chi connectivity index (χ3n) is 8.62. The highest BCUT2D eigenvalue weighted by Gasteiger charge is 2.25. The number of nitrogens with zero attached hydrogens (tertiary/aromatic N) is 2. The van der Waals surface area contributed by atoms with Crippen molar-refractivity contribution in [1.82, 2.24) is 4.57 Å². The normalized spacial score (nSPS) is 12.2. The van der Waals surface area contributed by atoms with E-state index in [-0.39, 0.29) is 0 Å². The lowest BCUT2D eigenvalue weighted by atomic mass is 9.96. The van der Waals surface area contributed by atoms with E-state index in [1.807, 2.05) is 0 Å². The monoisotopic (exact) mass is 543 g/mol. The molecule has 1 heterocycles. The molecule has 2 nitrogen and oxygen atoms in total. The van der Waals surface area contributed by atoms with Gasteiger partial charge in [-0.15, -0.1) is 0 Å². The van der Waals surface area contributed by atoms with Gasteiger partial charge in [-0.3, -0.25) is 0 Å². The van der Waals surface area contributed by atoms with Gasteiger partial charge in [0.05, 0.1) is 19.5 Å². The van der Waals surface area contributed by atoms with Crippen LogP contribution in [0.1, 0.15) is 146 Å². The van der Waals surface area contributed by atoms with Crippen LogP contribution in [0.15, 0.2) is 66.9 Å². The van der Waals surface area contributed by atoms with Crippen molar-refractivity contribution in [2.45, 2.75) is 149 Å². The quantitative estimate of drug-likeness (QED) is 0.0880. The highest BCUT2D eigenvalue weighted by Crippen LogP contribution is 2.21. The van der Waals surface area contributed by atoms with Crippen LogP contribution in [0.3, 0.4) is 0 Å². The number of rotatable bonds is 22. The zero-order valence-electron chi connectivity index (χ0n) is 26.3. The molecule has 0 amide bonds. The Bertz CT molecular complexity index is 1020. The molecule has 3 rings (SSSR count). The van der Waals surface area contributed by atoms with Gasteiger partial charge in [0, 0.05) is 6.42 Å². The van der Waals surface area contributed by atoms with Crippen LogP contribution < -0.4 is 4.57 Å². The van der Waals surface area contributed by atoms with Crippen LogP contribution in [0.4, 0.5) is 0 Å². The van der Waals surface area contributed by atoms with Crippen molar-refractivity contribution in [3.05, 3.63) is 89.5 Å². The zero-order chi connectivity index (χ0) is 28.3. The van der Waals surface area contributed by atoms with Crippen LogP contribution in [-0.2, 0) is 25.9 Å². The minimum atomic E-state index is 0.519. The van der Waals surface area contributed by atoms with Crippen molar-refractivity contribution in [1.29, 1.82) is 0 Å². The van der Waals surface area contributed by atoms with Gasteiger partial charge < -0.3 is 0 Å². The Labute approximate surface area is 247 Å². The summed E-state index contributed by atoms with van der Waals surface area (Å²) in [6.45, 7) is 9.30. The molecule has 0 aliphatic heterocycles. The van der Waals surface area contributed by atoms with Gasteiger partial charge in [-0.2, -0.15) is 0 Å². The molecule has 220 valence electrons. The third-order valence-corrected chi connectivity index (χ3v) is 8.62. The number of benzene rings is 2. The van der Waals surface area contributed by atoms with Crippen molar-refractivity contribution >= 4 is 0 Å². The fraction of sp³-hybridized carbons (Fsp3) is 0.605. The fourth-order valence-electron chi connectivity index (χ4n) is 6.11. The van der Waals surface area contributed by atoms with Crippen LogP contribution in [0.5, 0.6) is 0 Å². The molecule has 0 aliphatic carbocycles. The van der Waals surface area contributed by atoms with Gasteiger partial charge in [0.15, 0.2) is 0 Å². The van der Waals surface area contributed by atoms with E-state index < -0.39 is 0 Å². The number of imidazole rings is 1. The maximum absolute atomic E-state index is 2.72. The molecule has 0 bridgehead atoms. The Morgan fingerprint density at radius 3 is 1.75 bits per heavy atom. The molecule has 3 aromatic rings. The Kier molecular flexibility index (Phi) is 15.8. The van der Waals surface area contributed by atoms with Gasteiger partial charge in [-0.1, -0.05) is 152 Å². The smallest absolute Gasteiger partial charge is 0.234 e. The average Bonchev–Trinajstić information content (AvgIpc) is 3.30. The molecular formula is C38H59N2+. The summed E-state index contributed by atoms with van der Waals surface area (Å²) >= 11 is 0. The van der Waals surface area contributed by atoms with E-state index >= 15 is 0 Å². The minimum absolute atomic E-state index is 0.519. The fourth-order valence-corrected chi connectivity index (χ4v) is 6.11. The van der Waals surface area contributed by atoms with E-state index in [0.717, 1.165) is 25.9 Å². The minimum Gasteiger partial charge on any atom is -0.234 e. The second-order valence-corrected chi connectivity index (χ2v) is 12.2. The van der Waals surface area contributed by atoms with Crippen molar-refractivity contribution in [2.24, 2.45) is 0 Å². The topological polar surface area (TPSA) is 8.81 Å². The number of aromatic nitrogens is 2. The Morgan fingerprint density at radius 1 is 0.625 bits per heavy atom. The first-order valence-corrected chi connectivity index (χ1v) is 16.9. The second-order valence-electron chi connectivity index (χ2n) is 12.2. The molecule has 0 spiro atoms. The van der Waals surface area contributed by atoms with Crippen LogP contribution in [0, 0.1) is 0 Å². The lowest BCUT2D eigenvalue weighted by Crippen LogP contribution is -2.41. The first kappa shape index (κ1) is 32.2. The van der Waals surface area contributed by atoms with Crippen molar-refractivity contribution in [2.75, 3.05) is 0 Å². The summed E-state index contributed by atoms with van der Waals surface area (Å²) in [6.07, 6.45) is 25.2. The highest BCUT2D eigenvalue weighted by atomic mass is 15.2. The molecule has 0 fully saturated rings. The Hall–Kier alpha value is -2.35. The maximum Gasteiger partial charge on any atom is 0.261 e. The van der Waals surface area contributed by atoms with E-state index in [4.69, 9.17) is 0 Å². The summed E-state index contributed by atoms with van der Waals surface area (Å²) in [5, 5.41) is 0. The summed E-state index contributed by atoms with van der Waals surface area (Å²) in [4.78, 5) is 0. The maximum atomic E-state index is 2.72. The first-order valence-electron chi connectivity index (χ1n) is 16.9. The summed E-state index contributed by atoms with van der Waals surface area (Å²) < 4.78 is 5.34. The molecule has 40 heavy (non-hydrogen) atoms. The van der Waals surface area contributed by atoms with Crippen LogP contribution in [0.25, 0.3) is 0 Å². The van der Waals surface area contributed by atoms with Gasteiger partial charge in [0.25, 0.3) is 5.82 Å². The standard InChI is InChI=1S/C38H59N2/c1-4-6-8-10-11-12-13-14-15-16-24-30-40-37(31-34(3)36-27-21-18-22-28-36)33-39(29-23-9-7-5-2)38(40)32-35-25-19-17-20-26-35/h17-22,25-28,33-34H,4-16,23-24,29-32H2,1-3H3/q+1. The first-order chi connectivity index (χ1) is 19.7. The summed E-state index contributed by atoms with van der Waals surface area (Å²) in [7, 11) is 0. The largest absolute Gasteiger partial charge is 0.261 e. The van der Waals surface area contributed by atoms with E-state index in [1.165, 1.54) is 119 Å². The predicted octanol–water partition coefficient (Wildman–Crippen LogP) is 10.6. The Morgan fingerprint density at radius 2 is 1.15 bits per heavy atom. The van der Waals surface area contributed by atoms with E-state index in [0.29, 0.717) is 5.92 Å².